The molecule has 1 aliphatic rings. The van der Waals surface area contributed by atoms with Crippen LogP contribution in [0.1, 0.15) is 27.9 Å². The molecule has 70 valence electrons. The van der Waals surface area contributed by atoms with Crippen LogP contribution >= 0.6 is 27.7 Å². The van der Waals surface area contributed by atoms with Crippen molar-refractivity contribution in [2.45, 2.75) is 30.0 Å². The van der Waals surface area contributed by atoms with Crippen LogP contribution in [0.5, 0.6) is 0 Å². The third kappa shape index (κ3) is 1.79. The number of halogens is 1. The first kappa shape index (κ1) is 9.60. The van der Waals surface area contributed by atoms with E-state index >= 15 is 0 Å². The molecule has 1 aromatic rings. The third-order valence-electron chi connectivity index (χ3n) is 2.44. The number of thioether (sulfide) groups is 1. The molecule has 0 N–H and O–H groups in total. The van der Waals surface area contributed by atoms with Gasteiger partial charge in [0, 0.05) is 9.72 Å². The van der Waals surface area contributed by atoms with Crippen molar-refractivity contribution in [2.24, 2.45) is 0 Å². The largest absolute Gasteiger partial charge is 0.126 e. The molecule has 1 aromatic carbocycles. The van der Waals surface area contributed by atoms with Crippen LogP contribution in [0.3, 0.4) is 0 Å². The molecule has 0 spiro atoms. The van der Waals surface area contributed by atoms with Gasteiger partial charge in [-0.05, 0) is 48.8 Å². The molecule has 2 heteroatoms. The molecular weight excluding hydrogens is 244 g/mol. The summed E-state index contributed by atoms with van der Waals surface area (Å²) < 4.78 is 0. The van der Waals surface area contributed by atoms with Gasteiger partial charge < -0.3 is 0 Å². The Kier molecular flexibility index (Phi) is 2.70. The summed E-state index contributed by atoms with van der Waals surface area (Å²) in [4.78, 5) is 2.05. The van der Waals surface area contributed by atoms with E-state index < -0.39 is 0 Å². The van der Waals surface area contributed by atoms with Crippen LogP contribution in [0.15, 0.2) is 17.0 Å². The number of rotatable bonds is 0. The van der Waals surface area contributed by atoms with Crippen molar-refractivity contribution < 1.29 is 0 Å². The third-order valence-corrected chi connectivity index (χ3v) is 4.44. The molecule has 1 aliphatic heterocycles. The van der Waals surface area contributed by atoms with E-state index in [0.717, 1.165) is 0 Å². The normalized spacial score (nSPS) is 21.3. The number of aryl methyl sites for hydroxylation is 2. The van der Waals surface area contributed by atoms with Gasteiger partial charge in [-0.1, -0.05) is 22.0 Å². The SMILES string of the molecule is Cc1cc(C)c2c(c1)SCCC2Br. The summed E-state index contributed by atoms with van der Waals surface area (Å²) >= 11 is 5.74. The number of hydrogen-bond acceptors (Lipinski definition) is 1. The molecule has 0 saturated heterocycles. The molecule has 1 unspecified atom stereocenters. The summed E-state index contributed by atoms with van der Waals surface area (Å²) in [5.74, 6) is 1.24. The Morgan fingerprint density at radius 2 is 2.15 bits per heavy atom. The number of hydrogen-bond donors (Lipinski definition) is 0. The highest BCUT2D eigenvalue weighted by molar-refractivity contribution is 9.09. The first-order chi connectivity index (χ1) is 6.18. The summed E-state index contributed by atoms with van der Waals surface area (Å²) in [7, 11) is 0. The minimum absolute atomic E-state index is 0.573. The lowest BCUT2D eigenvalue weighted by atomic mass is 10.0. The average Bonchev–Trinajstić information content (AvgIpc) is 2.02. The van der Waals surface area contributed by atoms with Gasteiger partial charge in [-0.2, -0.15) is 0 Å². The van der Waals surface area contributed by atoms with Gasteiger partial charge in [-0.15, -0.1) is 11.8 Å². The van der Waals surface area contributed by atoms with Crippen molar-refractivity contribution in [3.8, 4) is 0 Å². The lowest BCUT2D eigenvalue weighted by molar-refractivity contribution is 0.867. The zero-order valence-corrected chi connectivity index (χ0v) is 10.3. The Morgan fingerprint density at radius 1 is 1.38 bits per heavy atom. The lowest BCUT2D eigenvalue weighted by Gasteiger charge is -2.23. The van der Waals surface area contributed by atoms with Gasteiger partial charge in [0.15, 0.2) is 0 Å². The highest BCUT2D eigenvalue weighted by atomic mass is 79.9. The van der Waals surface area contributed by atoms with Crippen LogP contribution in [0.25, 0.3) is 0 Å². The van der Waals surface area contributed by atoms with Crippen molar-refractivity contribution in [2.75, 3.05) is 5.75 Å². The second-order valence-electron chi connectivity index (χ2n) is 3.60. The van der Waals surface area contributed by atoms with Crippen molar-refractivity contribution in [1.29, 1.82) is 0 Å². The molecule has 1 atom stereocenters. The predicted molar refractivity (Wildman–Crippen MR) is 62.9 cm³/mol. The predicted octanol–water partition coefficient (Wildman–Crippen LogP) is 4.24. The molecule has 13 heavy (non-hydrogen) atoms. The van der Waals surface area contributed by atoms with Gasteiger partial charge in [0.1, 0.15) is 0 Å². The van der Waals surface area contributed by atoms with E-state index in [0.29, 0.717) is 4.83 Å². The van der Waals surface area contributed by atoms with Crippen LogP contribution in [-0.2, 0) is 0 Å². The molecule has 0 radical (unpaired) electrons. The highest BCUT2D eigenvalue weighted by Crippen LogP contribution is 2.42. The number of benzene rings is 1. The first-order valence-electron chi connectivity index (χ1n) is 4.56. The van der Waals surface area contributed by atoms with Gasteiger partial charge in [0.25, 0.3) is 0 Å². The molecule has 0 aromatic heterocycles. The van der Waals surface area contributed by atoms with E-state index in [-0.39, 0.29) is 0 Å². The summed E-state index contributed by atoms with van der Waals surface area (Å²) in [6, 6.07) is 4.58. The molecule has 0 amide bonds. The van der Waals surface area contributed by atoms with E-state index in [1.54, 1.807) is 0 Å². The molecular formula is C11H13BrS. The van der Waals surface area contributed by atoms with E-state index in [4.69, 9.17) is 0 Å². The summed E-state index contributed by atoms with van der Waals surface area (Å²) in [6.07, 6.45) is 1.25. The van der Waals surface area contributed by atoms with Crippen LogP contribution in [-0.4, -0.2) is 5.75 Å². The van der Waals surface area contributed by atoms with Crippen molar-refractivity contribution in [1.82, 2.24) is 0 Å². The van der Waals surface area contributed by atoms with Gasteiger partial charge in [-0.25, -0.2) is 0 Å². The van der Waals surface area contributed by atoms with Gasteiger partial charge >= 0.3 is 0 Å². The minimum Gasteiger partial charge on any atom is -0.126 e. The zero-order valence-electron chi connectivity index (χ0n) is 7.93. The topological polar surface area (TPSA) is 0 Å². The Balaban J connectivity index is 2.56. The second-order valence-corrected chi connectivity index (χ2v) is 5.84. The molecule has 0 bridgehead atoms. The van der Waals surface area contributed by atoms with Gasteiger partial charge in [0.05, 0.1) is 0 Å². The smallest absolute Gasteiger partial charge is 0.0417 e. The van der Waals surface area contributed by atoms with E-state index in [1.165, 1.54) is 33.8 Å². The van der Waals surface area contributed by atoms with Crippen molar-refractivity contribution >= 4 is 27.7 Å². The molecule has 0 saturated carbocycles. The number of fused-ring (bicyclic) bond motifs is 1. The summed E-state index contributed by atoms with van der Waals surface area (Å²) in [5.41, 5.74) is 4.33. The highest BCUT2D eigenvalue weighted by Gasteiger charge is 2.20. The Morgan fingerprint density at radius 3 is 2.92 bits per heavy atom. The van der Waals surface area contributed by atoms with Crippen molar-refractivity contribution in [3.05, 3.63) is 28.8 Å². The van der Waals surface area contributed by atoms with E-state index in [9.17, 15) is 0 Å². The maximum atomic E-state index is 3.75. The van der Waals surface area contributed by atoms with Crippen LogP contribution in [0, 0.1) is 13.8 Å². The first-order valence-corrected chi connectivity index (χ1v) is 6.46. The summed E-state index contributed by atoms with van der Waals surface area (Å²) in [5, 5.41) is 0. The van der Waals surface area contributed by atoms with Crippen LogP contribution in [0.4, 0.5) is 0 Å². The fourth-order valence-electron chi connectivity index (χ4n) is 1.88. The molecule has 0 fully saturated rings. The average molecular weight is 257 g/mol. The van der Waals surface area contributed by atoms with E-state index in [2.05, 4.69) is 41.9 Å². The quantitative estimate of drug-likeness (QED) is 0.626. The maximum absolute atomic E-state index is 3.75. The fourth-order valence-corrected chi connectivity index (χ4v) is 4.47. The summed E-state index contributed by atoms with van der Waals surface area (Å²) in [6.45, 7) is 4.39. The van der Waals surface area contributed by atoms with Crippen molar-refractivity contribution in [3.63, 3.8) is 0 Å². The molecule has 0 nitrogen and oxygen atoms in total. The lowest BCUT2D eigenvalue weighted by Crippen LogP contribution is -2.04. The second kappa shape index (κ2) is 3.66. The molecule has 1 heterocycles. The van der Waals surface area contributed by atoms with Gasteiger partial charge in [0.2, 0.25) is 0 Å². The standard InChI is InChI=1S/C11H13BrS/c1-7-5-8(2)11-9(12)3-4-13-10(11)6-7/h5-6,9H,3-4H2,1-2H3. The fraction of sp³-hybridized carbons (Fsp3) is 0.455. The zero-order chi connectivity index (χ0) is 9.42. The minimum atomic E-state index is 0.573. The van der Waals surface area contributed by atoms with E-state index in [1.807, 2.05) is 11.8 Å². The Hall–Kier alpha value is 0.0500. The van der Waals surface area contributed by atoms with Crippen LogP contribution in [0.2, 0.25) is 0 Å². The maximum Gasteiger partial charge on any atom is 0.0417 e. The van der Waals surface area contributed by atoms with Crippen LogP contribution < -0.4 is 0 Å². The van der Waals surface area contributed by atoms with Gasteiger partial charge in [-0.3, -0.25) is 0 Å². The molecule has 0 aliphatic carbocycles. The monoisotopic (exact) mass is 256 g/mol. The molecule has 2 rings (SSSR count). The Labute approximate surface area is 92.2 Å². The Bertz CT molecular complexity index is 333. The number of alkyl halides is 1.